The molecule has 1 heterocycles. The summed E-state index contributed by atoms with van der Waals surface area (Å²) in [4.78, 5) is 33.8. The number of aliphatic imine (C=N–C) groups is 1. The van der Waals surface area contributed by atoms with Crippen molar-refractivity contribution in [2.45, 2.75) is 44.9 Å². The van der Waals surface area contributed by atoms with Gasteiger partial charge in [-0.15, -0.1) is 0 Å². The maximum Gasteiger partial charge on any atom is 0.321 e. The number of aliphatic hydroxyl groups is 1. The van der Waals surface area contributed by atoms with Crippen LogP contribution in [-0.2, 0) is 10.2 Å². The average Bonchev–Trinajstić information content (AvgIpc) is 2.88. The third-order valence-electron chi connectivity index (χ3n) is 7.18. The first kappa shape index (κ1) is 26.6. The van der Waals surface area contributed by atoms with Crippen LogP contribution in [-0.4, -0.2) is 72.2 Å². The van der Waals surface area contributed by atoms with E-state index in [9.17, 15) is 14.7 Å². The SMILES string of the molecule is CC(C)(C)c1ccc(C2CC(=O)C(C=NCCN3CCN(C(=O)Nc4ccccc4)CC3)=C(O)C2)cc1. The lowest BCUT2D eigenvalue weighted by atomic mass is 9.81. The molecule has 0 bridgehead atoms. The number of para-hydroxylation sites is 1. The minimum atomic E-state index is -0.0782. The van der Waals surface area contributed by atoms with Crippen molar-refractivity contribution in [3.8, 4) is 0 Å². The van der Waals surface area contributed by atoms with Crippen LogP contribution in [0.2, 0.25) is 0 Å². The average molecular weight is 503 g/mol. The molecule has 1 aliphatic heterocycles. The van der Waals surface area contributed by atoms with E-state index >= 15 is 0 Å². The number of nitrogens with zero attached hydrogens (tertiary/aromatic N) is 3. The highest BCUT2D eigenvalue weighted by molar-refractivity contribution is 6.14. The molecule has 1 atom stereocenters. The predicted octanol–water partition coefficient (Wildman–Crippen LogP) is 5.16. The van der Waals surface area contributed by atoms with Gasteiger partial charge in [-0.3, -0.25) is 14.7 Å². The molecular weight excluding hydrogens is 464 g/mol. The van der Waals surface area contributed by atoms with Crippen molar-refractivity contribution < 1.29 is 14.7 Å². The van der Waals surface area contributed by atoms with Crippen molar-refractivity contribution in [3.63, 3.8) is 0 Å². The maximum atomic E-state index is 12.8. The van der Waals surface area contributed by atoms with Crippen molar-refractivity contribution in [1.29, 1.82) is 0 Å². The van der Waals surface area contributed by atoms with Crippen molar-refractivity contribution in [3.05, 3.63) is 77.1 Å². The zero-order valence-corrected chi connectivity index (χ0v) is 22.1. The molecule has 1 aliphatic carbocycles. The standard InChI is InChI=1S/C30H38N4O3/c1-30(2,3)24-11-9-22(10-12-24)23-19-27(35)26(28(36)20-23)21-31-13-14-33-15-17-34(18-16-33)29(37)32-25-7-5-4-6-8-25/h4-12,21,23,35H,13-20H2,1-3H3,(H,32,37). The molecule has 7 heteroatoms. The number of carbonyl (C=O) groups excluding carboxylic acids is 2. The van der Waals surface area contributed by atoms with E-state index in [0.717, 1.165) is 30.9 Å². The van der Waals surface area contributed by atoms with Gasteiger partial charge in [0.25, 0.3) is 0 Å². The van der Waals surface area contributed by atoms with Crippen molar-refractivity contribution in [1.82, 2.24) is 9.80 Å². The first-order valence-electron chi connectivity index (χ1n) is 13.1. The lowest BCUT2D eigenvalue weighted by molar-refractivity contribution is -0.116. The number of amides is 2. The maximum absolute atomic E-state index is 12.8. The van der Waals surface area contributed by atoms with Crippen LogP contribution in [0.5, 0.6) is 0 Å². The largest absolute Gasteiger partial charge is 0.511 e. The highest BCUT2D eigenvalue weighted by Gasteiger charge is 2.28. The van der Waals surface area contributed by atoms with E-state index in [2.05, 4.69) is 60.2 Å². The highest BCUT2D eigenvalue weighted by atomic mass is 16.3. The van der Waals surface area contributed by atoms with Gasteiger partial charge in [-0.05, 0) is 34.6 Å². The van der Waals surface area contributed by atoms with E-state index < -0.39 is 0 Å². The van der Waals surface area contributed by atoms with Gasteiger partial charge in [0.15, 0.2) is 5.78 Å². The molecule has 0 spiro atoms. The molecule has 1 saturated heterocycles. The molecular formula is C30H38N4O3. The van der Waals surface area contributed by atoms with Crippen LogP contribution in [0.1, 0.15) is 50.7 Å². The topological polar surface area (TPSA) is 85.2 Å². The molecule has 0 aromatic heterocycles. The van der Waals surface area contributed by atoms with Crippen LogP contribution in [0.3, 0.4) is 0 Å². The van der Waals surface area contributed by atoms with Crippen LogP contribution < -0.4 is 5.32 Å². The molecule has 37 heavy (non-hydrogen) atoms. The summed E-state index contributed by atoms with van der Waals surface area (Å²) in [7, 11) is 0. The molecule has 1 unspecified atom stereocenters. The Labute approximate surface area is 219 Å². The second-order valence-corrected chi connectivity index (χ2v) is 10.9. The third-order valence-corrected chi connectivity index (χ3v) is 7.18. The summed E-state index contributed by atoms with van der Waals surface area (Å²) < 4.78 is 0. The number of carbonyl (C=O) groups is 2. The molecule has 0 radical (unpaired) electrons. The Hall–Kier alpha value is -3.45. The van der Waals surface area contributed by atoms with Gasteiger partial charge >= 0.3 is 6.03 Å². The summed E-state index contributed by atoms with van der Waals surface area (Å²) in [5.74, 6) is 0.0624. The normalized spacial score (nSPS) is 19.5. The number of urea groups is 1. The molecule has 2 N–H and O–H groups in total. The van der Waals surface area contributed by atoms with E-state index in [-0.39, 0.29) is 28.9 Å². The molecule has 2 aromatic carbocycles. The number of anilines is 1. The Balaban J connectivity index is 1.23. The fraction of sp³-hybridized carbons (Fsp3) is 0.433. The van der Waals surface area contributed by atoms with Crippen molar-refractivity contribution in [2.24, 2.45) is 4.99 Å². The molecule has 2 aromatic rings. The van der Waals surface area contributed by atoms with E-state index in [4.69, 9.17) is 0 Å². The minimum absolute atomic E-state index is 0.00550. The molecule has 196 valence electrons. The Morgan fingerprint density at radius 3 is 2.32 bits per heavy atom. The van der Waals surface area contributed by atoms with Crippen molar-refractivity contribution >= 4 is 23.7 Å². The van der Waals surface area contributed by atoms with Gasteiger partial charge in [0.05, 0.1) is 12.1 Å². The van der Waals surface area contributed by atoms with Gasteiger partial charge in [0.2, 0.25) is 0 Å². The Morgan fingerprint density at radius 1 is 1.03 bits per heavy atom. The summed E-state index contributed by atoms with van der Waals surface area (Å²) in [5.41, 5.74) is 3.55. The Kier molecular flexibility index (Phi) is 8.44. The smallest absolute Gasteiger partial charge is 0.321 e. The summed E-state index contributed by atoms with van der Waals surface area (Å²) in [6, 6.07) is 17.8. The van der Waals surface area contributed by atoms with Gasteiger partial charge < -0.3 is 15.3 Å². The van der Waals surface area contributed by atoms with E-state index in [1.807, 2.05) is 35.2 Å². The van der Waals surface area contributed by atoms with Gasteiger partial charge in [-0.2, -0.15) is 0 Å². The summed E-state index contributed by atoms with van der Waals surface area (Å²) in [5, 5.41) is 13.5. The molecule has 4 rings (SSSR count). The quantitative estimate of drug-likeness (QED) is 0.534. The summed E-state index contributed by atoms with van der Waals surface area (Å²) in [6.07, 6.45) is 2.38. The summed E-state index contributed by atoms with van der Waals surface area (Å²) >= 11 is 0. The predicted molar refractivity (Wildman–Crippen MR) is 149 cm³/mol. The zero-order chi connectivity index (χ0) is 26.4. The third kappa shape index (κ3) is 7.07. The first-order valence-corrected chi connectivity index (χ1v) is 13.1. The van der Waals surface area contributed by atoms with Crippen LogP contribution in [0.25, 0.3) is 0 Å². The second kappa shape index (κ2) is 11.7. The molecule has 2 amide bonds. The number of ketones is 1. The highest BCUT2D eigenvalue weighted by Crippen LogP contribution is 2.34. The Bertz CT molecular complexity index is 1140. The van der Waals surface area contributed by atoms with Crippen LogP contribution in [0, 0.1) is 0 Å². The van der Waals surface area contributed by atoms with Crippen molar-refractivity contribution in [2.75, 3.05) is 44.6 Å². The number of hydrogen-bond acceptors (Lipinski definition) is 5. The van der Waals surface area contributed by atoms with Crippen LogP contribution >= 0.6 is 0 Å². The van der Waals surface area contributed by atoms with Gasteiger partial charge in [0, 0.05) is 57.5 Å². The number of piperazine rings is 1. The number of allylic oxidation sites excluding steroid dienone is 2. The van der Waals surface area contributed by atoms with Gasteiger partial charge in [-0.25, -0.2) is 4.79 Å². The number of Topliss-reactive ketones (excluding diaryl/α,β-unsaturated/α-hetero) is 1. The number of nitrogens with one attached hydrogen (secondary N) is 1. The minimum Gasteiger partial charge on any atom is -0.511 e. The lowest BCUT2D eigenvalue weighted by Crippen LogP contribution is -2.50. The van der Waals surface area contributed by atoms with Gasteiger partial charge in [-0.1, -0.05) is 63.2 Å². The summed E-state index contributed by atoms with van der Waals surface area (Å²) in [6.45, 7) is 10.7. The van der Waals surface area contributed by atoms with E-state index in [1.54, 1.807) is 6.21 Å². The monoisotopic (exact) mass is 502 g/mol. The molecule has 7 nitrogen and oxygen atoms in total. The zero-order valence-electron chi connectivity index (χ0n) is 22.1. The second-order valence-electron chi connectivity index (χ2n) is 10.9. The molecule has 1 fully saturated rings. The van der Waals surface area contributed by atoms with Crippen LogP contribution in [0.15, 0.2) is 70.9 Å². The van der Waals surface area contributed by atoms with E-state index in [0.29, 0.717) is 38.0 Å². The molecule has 2 aliphatic rings. The first-order chi connectivity index (χ1) is 17.7. The number of hydrogen-bond donors (Lipinski definition) is 2. The molecule has 0 saturated carbocycles. The van der Waals surface area contributed by atoms with Gasteiger partial charge in [0.1, 0.15) is 5.76 Å². The Morgan fingerprint density at radius 2 is 1.70 bits per heavy atom. The fourth-order valence-corrected chi connectivity index (χ4v) is 4.80. The number of rotatable bonds is 6. The van der Waals surface area contributed by atoms with E-state index in [1.165, 1.54) is 5.56 Å². The fourth-order valence-electron chi connectivity index (χ4n) is 4.80. The number of aliphatic hydroxyl groups excluding tert-OH is 1. The lowest BCUT2D eigenvalue weighted by Gasteiger charge is -2.34. The van der Waals surface area contributed by atoms with Crippen LogP contribution in [0.4, 0.5) is 10.5 Å². The number of benzene rings is 2.